The summed E-state index contributed by atoms with van der Waals surface area (Å²) in [7, 11) is 0. The Hall–Kier alpha value is -1.63. The number of aliphatic imine (C=N–C) groups is 1. The minimum Gasteiger partial charge on any atom is -0.343 e. The van der Waals surface area contributed by atoms with Gasteiger partial charge >= 0.3 is 0 Å². The van der Waals surface area contributed by atoms with E-state index in [0.717, 1.165) is 43.4 Å². The Kier molecular flexibility index (Phi) is 8.01. The van der Waals surface area contributed by atoms with E-state index in [4.69, 9.17) is 4.99 Å². The maximum absolute atomic E-state index is 4.83. The van der Waals surface area contributed by atoms with Crippen molar-refractivity contribution in [3.05, 3.63) is 60.4 Å². The number of para-hydroxylation sites is 1. The summed E-state index contributed by atoms with van der Waals surface area (Å²) in [5.41, 5.74) is 2.18. The van der Waals surface area contributed by atoms with Crippen molar-refractivity contribution in [2.75, 3.05) is 25.0 Å². The monoisotopic (exact) mass is 436 g/mol. The molecule has 0 saturated carbocycles. The quantitative estimate of drug-likeness (QED) is 0.444. The third kappa shape index (κ3) is 5.78. The van der Waals surface area contributed by atoms with Crippen molar-refractivity contribution in [1.82, 2.24) is 9.88 Å². The standard InChI is InChI=1S/C19H24N4.HI/c1-3-10-18(11-4-1)22-19(23-15-7-2-8-16-23)21-14-12-17-9-5-6-13-20-17;/h1,3-6,9-11,13H,2,7-8,12,14-16H2,(H,21,22);1H. The van der Waals surface area contributed by atoms with E-state index < -0.39 is 0 Å². The van der Waals surface area contributed by atoms with Crippen LogP contribution in [-0.2, 0) is 6.42 Å². The van der Waals surface area contributed by atoms with E-state index in [9.17, 15) is 0 Å². The summed E-state index contributed by atoms with van der Waals surface area (Å²) in [5.74, 6) is 0.992. The highest BCUT2D eigenvalue weighted by molar-refractivity contribution is 14.0. The Balaban J connectivity index is 0.00000208. The molecule has 128 valence electrons. The molecular formula is C19H25IN4. The second-order valence-electron chi connectivity index (χ2n) is 5.82. The first kappa shape index (κ1) is 18.7. The van der Waals surface area contributed by atoms with E-state index in [1.807, 2.05) is 36.5 Å². The number of halogens is 1. The summed E-state index contributed by atoms with van der Waals surface area (Å²) in [5, 5.41) is 3.49. The fourth-order valence-corrected chi connectivity index (χ4v) is 2.80. The summed E-state index contributed by atoms with van der Waals surface area (Å²) in [6.45, 7) is 2.92. The van der Waals surface area contributed by atoms with Crippen molar-refractivity contribution >= 4 is 35.6 Å². The number of benzene rings is 1. The SMILES string of the molecule is I.c1ccc(NC(=NCCc2ccccn2)N2CCCCC2)cc1. The molecule has 1 aromatic carbocycles. The van der Waals surface area contributed by atoms with Gasteiger partial charge in [-0.1, -0.05) is 24.3 Å². The van der Waals surface area contributed by atoms with Crippen LogP contribution in [0.5, 0.6) is 0 Å². The lowest BCUT2D eigenvalue weighted by Gasteiger charge is -2.30. The molecule has 0 atom stereocenters. The van der Waals surface area contributed by atoms with Gasteiger partial charge in [-0.3, -0.25) is 9.98 Å². The zero-order valence-electron chi connectivity index (χ0n) is 13.9. The van der Waals surface area contributed by atoms with Crippen molar-refractivity contribution in [3.8, 4) is 0 Å². The molecule has 4 nitrogen and oxygen atoms in total. The molecule has 2 heterocycles. The third-order valence-corrected chi connectivity index (χ3v) is 4.04. The number of aromatic nitrogens is 1. The Morgan fingerprint density at radius 3 is 2.46 bits per heavy atom. The number of anilines is 1. The van der Waals surface area contributed by atoms with E-state index in [-0.39, 0.29) is 24.0 Å². The molecule has 3 rings (SSSR count). The molecule has 0 radical (unpaired) electrons. The maximum atomic E-state index is 4.83. The largest absolute Gasteiger partial charge is 0.343 e. The van der Waals surface area contributed by atoms with Crippen LogP contribution >= 0.6 is 24.0 Å². The highest BCUT2D eigenvalue weighted by Gasteiger charge is 2.14. The van der Waals surface area contributed by atoms with Crippen LogP contribution in [0.1, 0.15) is 25.0 Å². The maximum Gasteiger partial charge on any atom is 0.198 e. The fraction of sp³-hybridized carbons (Fsp3) is 0.368. The highest BCUT2D eigenvalue weighted by Crippen LogP contribution is 2.12. The van der Waals surface area contributed by atoms with Gasteiger partial charge < -0.3 is 10.2 Å². The number of guanidine groups is 1. The van der Waals surface area contributed by atoms with Crippen molar-refractivity contribution < 1.29 is 0 Å². The average molecular weight is 436 g/mol. The zero-order chi connectivity index (χ0) is 15.7. The number of piperidine rings is 1. The van der Waals surface area contributed by atoms with E-state index in [0.29, 0.717) is 0 Å². The Bertz CT molecular complexity index is 610. The van der Waals surface area contributed by atoms with Gasteiger partial charge in [0.1, 0.15) is 0 Å². The lowest BCUT2D eigenvalue weighted by Crippen LogP contribution is -2.40. The van der Waals surface area contributed by atoms with Crippen molar-refractivity contribution in [3.63, 3.8) is 0 Å². The summed E-state index contributed by atoms with van der Waals surface area (Å²) < 4.78 is 0. The molecule has 0 aliphatic carbocycles. The normalized spacial score (nSPS) is 14.8. The van der Waals surface area contributed by atoms with Crippen LogP contribution < -0.4 is 5.32 Å². The molecular weight excluding hydrogens is 411 g/mol. The number of likely N-dealkylation sites (tertiary alicyclic amines) is 1. The van der Waals surface area contributed by atoms with Gasteiger partial charge in [0, 0.05) is 43.6 Å². The highest BCUT2D eigenvalue weighted by atomic mass is 127. The molecule has 1 fully saturated rings. The molecule has 1 aromatic heterocycles. The van der Waals surface area contributed by atoms with Gasteiger partial charge in [0.15, 0.2) is 5.96 Å². The van der Waals surface area contributed by atoms with Gasteiger partial charge in [-0.05, 0) is 43.5 Å². The van der Waals surface area contributed by atoms with Crippen LogP contribution in [0.2, 0.25) is 0 Å². The zero-order valence-corrected chi connectivity index (χ0v) is 16.2. The summed E-state index contributed by atoms with van der Waals surface area (Å²) in [6, 6.07) is 16.3. The van der Waals surface area contributed by atoms with Crippen LogP contribution in [0, 0.1) is 0 Å². The van der Waals surface area contributed by atoms with Gasteiger partial charge in [0.25, 0.3) is 0 Å². The number of rotatable bonds is 4. The van der Waals surface area contributed by atoms with E-state index in [1.165, 1.54) is 19.3 Å². The minimum atomic E-state index is 0. The van der Waals surface area contributed by atoms with Crippen LogP contribution in [-0.4, -0.2) is 35.5 Å². The van der Waals surface area contributed by atoms with Gasteiger partial charge in [-0.25, -0.2) is 0 Å². The predicted molar refractivity (Wildman–Crippen MR) is 111 cm³/mol. The lowest BCUT2D eigenvalue weighted by atomic mass is 10.1. The first-order chi connectivity index (χ1) is 11.4. The first-order valence-electron chi connectivity index (χ1n) is 8.43. The Labute approximate surface area is 161 Å². The average Bonchev–Trinajstić information content (AvgIpc) is 2.63. The number of nitrogens with zero attached hydrogens (tertiary/aromatic N) is 3. The van der Waals surface area contributed by atoms with Gasteiger partial charge in [-0.15, -0.1) is 24.0 Å². The van der Waals surface area contributed by atoms with Crippen LogP contribution in [0.3, 0.4) is 0 Å². The topological polar surface area (TPSA) is 40.5 Å². The van der Waals surface area contributed by atoms with Gasteiger partial charge in [-0.2, -0.15) is 0 Å². The second kappa shape index (κ2) is 10.3. The molecule has 24 heavy (non-hydrogen) atoms. The number of hydrogen-bond donors (Lipinski definition) is 1. The van der Waals surface area contributed by atoms with E-state index in [2.05, 4.69) is 33.4 Å². The number of nitrogens with one attached hydrogen (secondary N) is 1. The predicted octanol–water partition coefficient (Wildman–Crippen LogP) is 4.20. The molecule has 2 aromatic rings. The fourth-order valence-electron chi connectivity index (χ4n) is 2.80. The molecule has 1 saturated heterocycles. The molecule has 1 N–H and O–H groups in total. The van der Waals surface area contributed by atoms with Gasteiger partial charge in [0.2, 0.25) is 0 Å². The van der Waals surface area contributed by atoms with Crippen molar-refractivity contribution in [2.24, 2.45) is 4.99 Å². The first-order valence-corrected chi connectivity index (χ1v) is 8.43. The van der Waals surface area contributed by atoms with Crippen molar-refractivity contribution in [2.45, 2.75) is 25.7 Å². The van der Waals surface area contributed by atoms with Crippen LogP contribution in [0.25, 0.3) is 0 Å². The van der Waals surface area contributed by atoms with Crippen molar-refractivity contribution in [1.29, 1.82) is 0 Å². The molecule has 0 unspecified atom stereocenters. The van der Waals surface area contributed by atoms with Gasteiger partial charge in [0.05, 0.1) is 0 Å². The lowest BCUT2D eigenvalue weighted by molar-refractivity contribution is 0.340. The molecule has 0 bridgehead atoms. The van der Waals surface area contributed by atoms with Crippen LogP contribution in [0.4, 0.5) is 5.69 Å². The Morgan fingerprint density at radius 2 is 1.75 bits per heavy atom. The summed E-state index contributed by atoms with van der Waals surface area (Å²) in [4.78, 5) is 11.6. The molecule has 1 aliphatic heterocycles. The molecule has 0 spiro atoms. The second-order valence-corrected chi connectivity index (χ2v) is 5.82. The number of pyridine rings is 1. The molecule has 0 amide bonds. The van der Waals surface area contributed by atoms with E-state index >= 15 is 0 Å². The summed E-state index contributed by atoms with van der Waals surface area (Å²) in [6.07, 6.45) is 6.52. The minimum absolute atomic E-state index is 0. The smallest absolute Gasteiger partial charge is 0.198 e. The van der Waals surface area contributed by atoms with Crippen LogP contribution in [0.15, 0.2) is 59.7 Å². The van der Waals surface area contributed by atoms with E-state index in [1.54, 1.807) is 0 Å². The number of hydrogen-bond acceptors (Lipinski definition) is 2. The Morgan fingerprint density at radius 1 is 1.00 bits per heavy atom. The third-order valence-electron chi connectivity index (χ3n) is 4.04. The summed E-state index contributed by atoms with van der Waals surface area (Å²) >= 11 is 0. The molecule has 1 aliphatic rings. The molecule has 5 heteroatoms.